The van der Waals surface area contributed by atoms with Crippen LogP contribution in [0.5, 0.6) is 5.88 Å². The highest BCUT2D eigenvalue weighted by atomic mass is 16.5. The summed E-state index contributed by atoms with van der Waals surface area (Å²) in [5, 5.41) is 7.72. The van der Waals surface area contributed by atoms with Crippen molar-refractivity contribution in [2.24, 2.45) is 0 Å². The van der Waals surface area contributed by atoms with Crippen LogP contribution in [0.15, 0.2) is 54.9 Å². The molecule has 2 aromatic heterocycles. The van der Waals surface area contributed by atoms with Gasteiger partial charge in [-0.2, -0.15) is 5.10 Å². The Hall–Kier alpha value is -3.15. The largest absolute Gasteiger partial charge is 0.480 e. The third-order valence-electron chi connectivity index (χ3n) is 4.95. The summed E-state index contributed by atoms with van der Waals surface area (Å²) in [5.74, 6) is 0.166. The molecule has 27 heavy (non-hydrogen) atoms. The smallest absolute Gasteiger partial charge is 0.257 e. The van der Waals surface area contributed by atoms with E-state index in [-0.39, 0.29) is 11.9 Å². The minimum atomic E-state index is -0.173. The SMILES string of the molecule is COc1ncccc1C(=O)NC1CCCc2c1cnn2Cc1ccccc1. The Morgan fingerprint density at radius 3 is 2.93 bits per heavy atom. The van der Waals surface area contributed by atoms with Crippen molar-refractivity contribution >= 4 is 5.91 Å². The number of nitrogens with one attached hydrogen (secondary N) is 1. The van der Waals surface area contributed by atoms with Crippen LogP contribution in [0.1, 0.15) is 46.1 Å². The number of carbonyl (C=O) groups is 1. The normalized spacial score (nSPS) is 15.8. The number of methoxy groups -OCH3 is 1. The summed E-state index contributed by atoms with van der Waals surface area (Å²) < 4.78 is 7.26. The Morgan fingerprint density at radius 1 is 1.26 bits per heavy atom. The van der Waals surface area contributed by atoms with E-state index < -0.39 is 0 Å². The van der Waals surface area contributed by atoms with Crippen LogP contribution in [0.2, 0.25) is 0 Å². The van der Waals surface area contributed by atoms with E-state index >= 15 is 0 Å². The van der Waals surface area contributed by atoms with Gasteiger partial charge in [-0.3, -0.25) is 9.48 Å². The van der Waals surface area contributed by atoms with Crippen molar-refractivity contribution in [2.45, 2.75) is 31.8 Å². The van der Waals surface area contributed by atoms with E-state index in [0.717, 1.165) is 31.4 Å². The van der Waals surface area contributed by atoms with Gasteiger partial charge in [0.1, 0.15) is 5.56 Å². The Labute approximate surface area is 158 Å². The van der Waals surface area contributed by atoms with Gasteiger partial charge in [-0.1, -0.05) is 30.3 Å². The Bertz CT molecular complexity index is 936. The van der Waals surface area contributed by atoms with E-state index in [0.29, 0.717) is 11.4 Å². The standard InChI is InChI=1S/C21H22N4O2/c1-27-21-16(9-6-12-22-21)20(26)24-18-10-5-11-19-17(18)13-23-25(19)14-15-7-3-2-4-8-15/h2-4,6-9,12-13,18H,5,10-11,14H2,1H3,(H,24,26). The zero-order chi connectivity index (χ0) is 18.6. The van der Waals surface area contributed by atoms with E-state index in [1.165, 1.54) is 18.4 Å². The maximum Gasteiger partial charge on any atom is 0.257 e. The molecule has 0 bridgehead atoms. The average molecular weight is 362 g/mol. The number of hydrogen-bond acceptors (Lipinski definition) is 4. The summed E-state index contributed by atoms with van der Waals surface area (Å²) in [5.41, 5.74) is 3.97. The van der Waals surface area contributed by atoms with Crippen LogP contribution in [0.25, 0.3) is 0 Å². The minimum absolute atomic E-state index is 0.0457. The van der Waals surface area contributed by atoms with Gasteiger partial charge in [-0.25, -0.2) is 4.98 Å². The summed E-state index contributed by atoms with van der Waals surface area (Å²) in [6, 6.07) is 13.7. The molecule has 138 valence electrons. The van der Waals surface area contributed by atoms with Crippen molar-refractivity contribution in [3.05, 3.63) is 77.2 Å². The van der Waals surface area contributed by atoms with Crippen molar-refractivity contribution < 1.29 is 9.53 Å². The zero-order valence-electron chi connectivity index (χ0n) is 15.3. The predicted molar refractivity (Wildman–Crippen MR) is 102 cm³/mol. The summed E-state index contributed by atoms with van der Waals surface area (Å²) >= 11 is 0. The van der Waals surface area contributed by atoms with Crippen molar-refractivity contribution in [1.29, 1.82) is 0 Å². The fourth-order valence-corrected chi connectivity index (χ4v) is 3.62. The second-order valence-electron chi connectivity index (χ2n) is 6.67. The lowest BCUT2D eigenvalue weighted by atomic mass is 9.92. The highest BCUT2D eigenvalue weighted by molar-refractivity contribution is 5.96. The van der Waals surface area contributed by atoms with E-state index in [1.54, 1.807) is 18.3 Å². The number of aromatic nitrogens is 3. The fourth-order valence-electron chi connectivity index (χ4n) is 3.62. The number of hydrogen-bond donors (Lipinski definition) is 1. The van der Waals surface area contributed by atoms with Crippen LogP contribution >= 0.6 is 0 Å². The van der Waals surface area contributed by atoms with Gasteiger partial charge < -0.3 is 10.1 Å². The number of nitrogens with zero attached hydrogens (tertiary/aromatic N) is 3. The van der Waals surface area contributed by atoms with E-state index in [9.17, 15) is 4.79 Å². The van der Waals surface area contributed by atoms with Gasteiger partial charge in [-0.15, -0.1) is 0 Å². The van der Waals surface area contributed by atoms with Crippen LogP contribution < -0.4 is 10.1 Å². The lowest BCUT2D eigenvalue weighted by Crippen LogP contribution is -2.31. The Morgan fingerprint density at radius 2 is 2.11 bits per heavy atom. The monoisotopic (exact) mass is 362 g/mol. The highest BCUT2D eigenvalue weighted by Gasteiger charge is 2.26. The molecule has 1 aromatic carbocycles. The Balaban J connectivity index is 1.54. The highest BCUT2D eigenvalue weighted by Crippen LogP contribution is 2.30. The molecule has 0 fully saturated rings. The maximum absolute atomic E-state index is 12.7. The lowest BCUT2D eigenvalue weighted by Gasteiger charge is -2.24. The summed E-state index contributed by atoms with van der Waals surface area (Å²) in [6.45, 7) is 0.743. The number of ether oxygens (including phenoxy) is 1. The average Bonchev–Trinajstić information content (AvgIpc) is 3.12. The van der Waals surface area contributed by atoms with Crippen molar-refractivity contribution in [3.63, 3.8) is 0 Å². The molecular weight excluding hydrogens is 340 g/mol. The fraction of sp³-hybridized carbons (Fsp3) is 0.286. The molecule has 0 saturated carbocycles. The summed E-state index contributed by atoms with van der Waals surface area (Å²) in [6.07, 6.45) is 6.40. The molecule has 6 heteroatoms. The van der Waals surface area contributed by atoms with Crippen molar-refractivity contribution in [3.8, 4) is 5.88 Å². The molecule has 1 aliphatic rings. The second kappa shape index (κ2) is 7.61. The summed E-state index contributed by atoms with van der Waals surface area (Å²) in [7, 11) is 1.52. The van der Waals surface area contributed by atoms with E-state index in [1.807, 2.05) is 29.1 Å². The molecule has 1 aliphatic carbocycles. The first-order valence-corrected chi connectivity index (χ1v) is 9.14. The number of pyridine rings is 1. The van der Waals surface area contributed by atoms with Crippen LogP contribution in [-0.4, -0.2) is 27.8 Å². The van der Waals surface area contributed by atoms with Crippen molar-refractivity contribution in [1.82, 2.24) is 20.1 Å². The van der Waals surface area contributed by atoms with Crippen LogP contribution in [0, 0.1) is 0 Å². The molecule has 1 N–H and O–H groups in total. The Kier molecular flexibility index (Phi) is 4.87. The first-order valence-electron chi connectivity index (χ1n) is 9.14. The molecule has 6 nitrogen and oxygen atoms in total. The topological polar surface area (TPSA) is 69.0 Å². The number of carbonyl (C=O) groups excluding carboxylic acids is 1. The van der Waals surface area contributed by atoms with Crippen LogP contribution in [0.4, 0.5) is 0 Å². The quantitative estimate of drug-likeness (QED) is 0.757. The summed E-state index contributed by atoms with van der Waals surface area (Å²) in [4.78, 5) is 16.8. The van der Waals surface area contributed by atoms with Gasteiger partial charge in [0.15, 0.2) is 0 Å². The van der Waals surface area contributed by atoms with Gasteiger partial charge >= 0.3 is 0 Å². The molecule has 0 aliphatic heterocycles. The number of benzene rings is 1. The molecule has 0 spiro atoms. The number of fused-ring (bicyclic) bond motifs is 1. The molecule has 0 radical (unpaired) electrons. The molecule has 1 amide bonds. The van der Waals surface area contributed by atoms with E-state index in [2.05, 4.69) is 27.5 Å². The van der Waals surface area contributed by atoms with Crippen molar-refractivity contribution in [2.75, 3.05) is 7.11 Å². The lowest BCUT2D eigenvalue weighted by molar-refractivity contribution is 0.0929. The molecule has 1 atom stereocenters. The molecule has 4 rings (SSSR count). The van der Waals surface area contributed by atoms with Gasteiger partial charge in [-0.05, 0) is 37.0 Å². The van der Waals surface area contributed by atoms with Crippen LogP contribution in [-0.2, 0) is 13.0 Å². The first kappa shape index (κ1) is 17.3. The molecule has 3 aromatic rings. The van der Waals surface area contributed by atoms with Gasteiger partial charge in [0.2, 0.25) is 5.88 Å². The van der Waals surface area contributed by atoms with E-state index in [4.69, 9.17) is 4.74 Å². The minimum Gasteiger partial charge on any atom is -0.480 e. The zero-order valence-corrected chi connectivity index (χ0v) is 15.3. The van der Waals surface area contributed by atoms with Crippen LogP contribution in [0.3, 0.4) is 0 Å². The third-order valence-corrected chi connectivity index (χ3v) is 4.95. The third kappa shape index (κ3) is 3.56. The molecular formula is C21H22N4O2. The van der Waals surface area contributed by atoms with Gasteiger partial charge in [0, 0.05) is 17.5 Å². The molecule has 2 heterocycles. The number of rotatable bonds is 5. The predicted octanol–water partition coefficient (Wildman–Crippen LogP) is 3.14. The first-order chi connectivity index (χ1) is 13.3. The second-order valence-corrected chi connectivity index (χ2v) is 6.67. The molecule has 1 unspecified atom stereocenters. The van der Waals surface area contributed by atoms with Gasteiger partial charge in [0.05, 0.1) is 25.9 Å². The maximum atomic E-state index is 12.7. The molecule has 0 saturated heterocycles. The number of amides is 1. The van der Waals surface area contributed by atoms with Gasteiger partial charge in [0.25, 0.3) is 5.91 Å².